The number of aromatic nitrogens is 2. The molecule has 0 saturated heterocycles. The molecule has 0 unspecified atom stereocenters. The summed E-state index contributed by atoms with van der Waals surface area (Å²) in [4.78, 5) is 4.57. The standard InChI is InChI=1S/C18H21N3O2/c1-3-23-16-8-7-14(10-17(16)22-2)11-19-12-15-13-21-9-5-4-6-18(21)20-15/h4-10,13,19H,3,11-12H2,1-2H3. The highest BCUT2D eigenvalue weighted by Gasteiger charge is 2.06. The smallest absolute Gasteiger partial charge is 0.161 e. The van der Waals surface area contributed by atoms with E-state index >= 15 is 0 Å². The van der Waals surface area contributed by atoms with E-state index in [1.54, 1.807) is 7.11 Å². The molecule has 3 aromatic rings. The Balaban J connectivity index is 1.61. The second-order valence-electron chi connectivity index (χ2n) is 5.22. The normalized spacial score (nSPS) is 10.9. The molecular weight excluding hydrogens is 290 g/mol. The van der Waals surface area contributed by atoms with Gasteiger partial charge in [-0.3, -0.25) is 0 Å². The van der Waals surface area contributed by atoms with Crippen molar-refractivity contribution >= 4 is 5.65 Å². The van der Waals surface area contributed by atoms with Crippen LogP contribution in [0.5, 0.6) is 11.5 Å². The maximum Gasteiger partial charge on any atom is 0.161 e. The van der Waals surface area contributed by atoms with Crippen LogP contribution in [0.25, 0.3) is 5.65 Å². The molecule has 0 bridgehead atoms. The van der Waals surface area contributed by atoms with Gasteiger partial charge in [0.25, 0.3) is 0 Å². The molecule has 3 rings (SSSR count). The second kappa shape index (κ2) is 7.15. The Bertz CT molecular complexity index is 750. The van der Waals surface area contributed by atoms with Crippen LogP contribution in [0.15, 0.2) is 48.8 Å². The summed E-state index contributed by atoms with van der Waals surface area (Å²) < 4.78 is 12.9. The number of fused-ring (bicyclic) bond motifs is 1. The minimum absolute atomic E-state index is 0.627. The van der Waals surface area contributed by atoms with E-state index in [4.69, 9.17) is 9.47 Å². The van der Waals surface area contributed by atoms with Crippen molar-refractivity contribution in [2.45, 2.75) is 20.0 Å². The summed E-state index contributed by atoms with van der Waals surface area (Å²) in [7, 11) is 1.66. The SMILES string of the molecule is CCOc1ccc(CNCc2cn3ccccc3n2)cc1OC. The van der Waals surface area contributed by atoms with Gasteiger partial charge < -0.3 is 19.2 Å². The van der Waals surface area contributed by atoms with Crippen LogP contribution in [-0.2, 0) is 13.1 Å². The van der Waals surface area contributed by atoms with Crippen LogP contribution in [0, 0.1) is 0 Å². The Hall–Kier alpha value is -2.53. The Morgan fingerprint density at radius 3 is 2.83 bits per heavy atom. The van der Waals surface area contributed by atoms with Gasteiger partial charge in [-0.05, 0) is 36.8 Å². The monoisotopic (exact) mass is 311 g/mol. The lowest BCUT2D eigenvalue weighted by Crippen LogP contribution is -2.13. The van der Waals surface area contributed by atoms with Crippen molar-refractivity contribution in [3.8, 4) is 11.5 Å². The van der Waals surface area contributed by atoms with Crippen molar-refractivity contribution in [2.24, 2.45) is 0 Å². The number of nitrogens with one attached hydrogen (secondary N) is 1. The van der Waals surface area contributed by atoms with E-state index < -0.39 is 0 Å². The zero-order valence-electron chi connectivity index (χ0n) is 13.5. The number of pyridine rings is 1. The van der Waals surface area contributed by atoms with Gasteiger partial charge >= 0.3 is 0 Å². The fourth-order valence-electron chi connectivity index (χ4n) is 2.50. The van der Waals surface area contributed by atoms with E-state index in [0.29, 0.717) is 6.61 Å². The van der Waals surface area contributed by atoms with Crippen LogP contribution in [0.4, 0.5) is 0 Å². The quantitative estimate of drug-likeness (QED) is 0.728. The molecule has 0 amide bonds. The summed E-state index contributed by atoms with van der Waals surface area (Å²) in [5, 5.41) is 3.41. The van der Waals surface area contributed by atoms with Crippen LogP contribution in [0.2, 0.25) is 0 Å². The third-order valence-corrected chi connectivity index (χ3v) is 3.58. The number of benzene rings is 1. The van der Waals surface area contributed by atoms with Gasteiger partial charge in [-0.15, -0.1) is 0 Å². The predicted octanol–water partition coefficient (Wildman–Crippen LogP) is 3.03. The summed E-state index contributed by atoms with van der Waals surface area (Å²) in [5.41, 5.74) is 3.13. The lowest BCUT2D eigenvalue weighted by Gasteiger charge is -2.11. The van der Waals surface area contributed by atoms with Crippen molar-refractivity contribution < 1.29 is 9.47 Å². The number of rotatable bonds is 7. The van der Waals surface area contributed by atoms with Crippen molar-refractivity contribution in [1.82, 2.24) is 14.7 Å². The lowest BCUT2D eigenvalue weighted by atomic mass is 10.2. The molecule has 0 radical (unpaired) electrons. The first kappa shape index (κ1) is 15.4. The van der Waals surface area contributed by atoms with E-state index in [1.165, 1.54) is 0 Å². The van der Waals surface area contributed by atoms with Gasteiger partial charge in [0.1, 0.15) is 5.65 Å². The number of imidazole rings is 1. The fourth-order valence-corrected chi connectivity index (χ4v) is 2.50. The number of hydrogen-bond donors (Lipinski definition) is 1. The molecule has 23 heavy (non-hydrogen) atoms. The fraction of sp³-hybridized carbons (Fsp3) is 0.278. The number of ether oxygens (including phenoxy) is 2. The van der Waals surface area contributed by atoms with Gasteiger partial charge in [0.2, 0.25) is 0 Å². The molecular formula is C18H21N3O2. The van der Waals surface area contributed by atoms with Gasteiger partial charge in [-0.25, -0.2) is 4.98 Å². The van der Waals surface area contributed by atoms with Gasteiger partial charge in [0.05, 0.1) is 19.4 Å². The maximum absolute atomic E-state index is 5.53. The maximum atomic E-state index is 5.53. The van der Waals surface area contributed by atoms with E-state index in [0.717, 1.165) is 41.5 Å². The molecule has 1 N–H and O–H groups in total. The summed E-state index contributed by atoms with van der Waals surface area (Å²) in [6, 6.07) is 12.0. The molecule has 0 aliphatic rings. The van der Waals surface area contributed by atoms with E-state index in [9.17, 15) is 0 Å². The van der Waals surface area contributed by atoms with Crippen molar-refractivity contribution in [3.63, 3.8) is 0 Å². The average molecular weight is 311 g/mol. The van der Waals surface area contributed by atoms with Crippen LogP contribution >= 0.6 is 0 Å². The molecule has 2 aromatic heterocycles. The van der Waals surface area contributed by atoms with E-state index in [1.807, 2.05) is 60.1 Å². The molecule has 0 fully saturated rings. The van der Waals surface area contributed by atoms with Gasteiger partial charge in [-0.1, -0.05) is 12.1 Å². The molecule has 1 aromatic carbocycles. The van der Waals surface area contributed by atoms with Crippen LogP contribution in [-0.4, -0.2) is 23.1 Å². The highest BCUT2D eigenvalue weighted by molar-refractivity contribution is 5.43. The zero-order valence-corrected chi connectivity index (χ0v) is 13.5. The van der Waals surface area contributed by atoms with Crippen molar-refractivity contribution in [2.75, 3.05) is 13.7 Å². The number of nitrogens with zero attached hydrogens (tertiary/aromatic N) is 2. The minimum Gasteiger partial charge on any atom is -0.493 e. The predicted molar refractivity (Wildman–Crippen MR) is 89.9 cm³/mol. The Morgan fingerprint density at radius 2 is 2.04 bits per heavy atom. The first-order chi connectivity index (χ1) is 11.3. The Kier molecular flexibility index (Phi) is 4.78. The highest BCUT2D eigenvalue weighted by Crippen LogP contribution is 2.27. The van der Waals surface area contributed by atoms with Gasteiger partial charge in [0, 0.05) is 25.5 Å². The molecule has 0 spiro atoms. The minimum atomic E-state index is 0.627. The van der Waals surface area contributed by atoms with Crippen molar-refractivity contribution in [1.29, 1.82) is 0 Å². The highest BCUT2D eigenvalue weighted by atomic mass is 16.5. The second-order valence-corrected chi connectivity index (χ2v) is 5.22. The molecule has 0 atom stereocenters. The molecule has 0 aliphatic heterocycles. The van der Waals surface area contributed by atoms with Crippen LogP contribution < -0.4 is 14.8 Å². The summed E-state index contributed by atoms with van der Waals surface area (Å²) in [5.74, 6) is 1.54. The number of methoxy groups -OCH3 is 1. The molecule has 120 valence electrons. The van der Waals surface area contributed by atoms with E-state index in [-0.39, 0.29) is 0 Å². The third-order valence-electron chi connectivity index (χ3n) is 3.58. The third kappa shape index (κ3) is 3.63. The van der Waals surface area contributed by atoms with Crippen molar-refractivity contribution in [3.05, 3.63) is 60.0 Å². The topological polar surface area (TPSA) is 47.8 Å². The van der Waals surface area contributed by atoms with Gasteiger partial charge in [0.15, 0.2) is 11.5 Å². The number of hydrogen-bond acceptors (Lipinski definition) is 4. The van der Waals surface area contributed by atoms with E-state index in [2.05, 4.69) is 10.3 Å². The molecule has 5 nitrogen and oxygen atoms in total. The van der Waals surface area contributed by atoms with Crippen LogP contribution in [0.1, 0.15) is 18.2 Å². The molecule has 0 saturated carbocycles. The Morgan fingerprint density at radius 1 is 1.13 bits per heavy atom. The first-order valence-electron chi connectivity index (χ1n) is 7.73. The first-order valence-corrected chi connectivity index (χ1v) is 7.73. The molecule has 2 heterocycles. The average Bonchev–Trinajstić information content (AvgIpc) is 2.99. The summed E-state index contributed by atoms with van der Waals surface area (Å²) >= 11 is 0. The molecule has 0 aliphatic carbocycles. The largest absolute Gasteiger partial charge is 0.493 e. The lowest BCUT2D eigenvalue weighted by molar-refractivity contribution is 0.310. The Labute approximate surface area is 135 Å². The zero-order chi connectivity index (χ0) is 16.1. The summed E-state index contributed by atoms with van der Waals surface area (Å²) in [6.45, 7) is 4.06. The summed E-state index contributed by atoms with van der Waals surface area (Å²) in [6.07, 6.45) is 4.05. The molecule has 5 heteroatoms. The van der Waals surface area contributed by atoms with Crippen LogP contribution in [0.3, 0.4) is 0 Å². The van der Waals surface area contributed by atoms with Gasteiger partial charge in [-0.2, -0.15) is 0 Å².